The highest BCUT2D eigenvalue weighted by Crippen LogP contribution is 2.28. The molecule has 0 radical (unpaired) electrons. The summed E-state index contributed by atoms with van der Waals surface area (Å²) >= 11 is 0. The molecule has 0 aliphatic carbocycles. The standard InChI is InChI=1S/C23H31NO2/c1-4-5-16-22(17-23(25)26-3)24(18-20-12-8-6-9-13-20)19(2)21-14-10-7-11-15-21/h6-15,19,22H,4-5,16-18H2,1-3H3/t19-,22?/m1/s1. The van der Waals surface area contributed by atoms with E-state index in [4.69, 9.17) is 4.74 Å². The fraction of sp³-hybridized carbons (Fsp3) is 0.435. The lowest BCUT2D eigenvalue weighted by atomic mass is 9.98. The van der Waals surface area contributed by atoms with Crippen LogP contribution in [0.3, 0.4) is 0 Å². The van der Waals surface area contributed by atoms with Crippen LogP contribution in [0.15, 0.2) is 60.7 Å². The molecule has 3 heteroatoms. The lowest BCUT2D eigenvalue weighted by molar-refractivity contribution is -0.142. The van der Waals surface area contributed by atoms with Crippen molar-refractivity contribution < 1.29 is 9.53 Å². The van der Waals surface area contributed by atoms with Crippen LogP contribution in [0, 0.1) is 0 Å². The van der Waals surface area contributed by atoms with Gasteiger partial charge in [0.1, 0.15) is 0 Å². The Kier molecular flexibility index (Phi) is 8.36. The van der Waals surface area contributed by atoms with E-state index in [1.54, 1.807) is 0 Å². The van der Waals surface area contributed by atoms with Gasteiger partial charge < -0.3 is 4.74 Å². The summed E-state index contributed by atoms with van der Waals surface area (Å²) in [6, 6.07) is 21.4. The maximum absolute atomic E-state index is 12.1. The SMILES string of the molecule is CCCCC(CC(=O)OC)N(Cc1ccccc1)[C@H](C)c1ccccc1. The van der Waals surface area contributed by atoms with Gasteiger partial charge in [0.05, 0.1) is 13.5 Å². The van der Waals surface area contributed by atoms with E-state index in [0.717, 1.165) is 25.8 Å². The molecule has 0 heterocycles. The Balaban J connectivity index is 2.30. The Bertz CT molecular complexity index is 642. The summed E-state index contributed by atoms with van der Waals surface area (Å²) in [7, 11) is 1.47. The molecule has 0 spiro atoms. The predicted molar refractivity (Wildman–Crippen MR) is 107 cm³/mol. The molecule has 0 saturated carbocycles. The highest BCUT2D eigenvalue weighted by molar-refractivity contribution is 5.69. The number of carbonyl (C=O) groups is 1. The molecule has 0 saturated heterocycles. The molecule has 140 valence electrons. The average molecular weight is 354 g/mol. The summed E-state index contributed by atoms with van der Waals surface area (Å²) in [5.41, 5.74) is 2.54. The molecule has 1 unspecified atom stereocenters. The van der Waals surface area contributed by atoms with Crippen molar-refractivity contribution in [3.63, 3.8) is 0 Å². The van der Waals surface area contributed by atoms with Crippen molar-refractivity contribution in [3.8, 4) is 0 Å². The zero-order chi connectivity index (χ0) is 18.8. The zero-order valence-electron chi connectivity index (χ0n) is 16.2. The number of hydrogen-bond donors (Lipinski definition) is 0. The van der Waals surface area contributed by atoms with Crippen molar-refractivity contribution >= 4 is 5.97 Å². The van der Waals surface area contributed by atoms with E-state index < -0.39 is 0 Å². The Morgan fingerprint density at radius 2 is 1.65 bits per heavy atom. The number of ether oxygens (including phenoxy) is 1. The summed E-state index contributed by atoms with van der Waals surface area (Å²) in [4.78, 5) is 14.5. The van der Waals surface area contributed by atoms with Crippen LogP contribution in [0.25, 0.3) is 0 Å². The van der Waals surface area contributed by atoms with Crippen LogP contribution in [0.2, 0.25) is 0 Å². The van der Waals surface area contributed by atoms with E-state index in [9.17, 15) is 4.79 Å². The summed E-state index contributed by atoms with van der Waals surface area (Å²) in [6.07, 6.45) is 3.65. The van der Waals surface area contributed by atoms with Gasteiger partial charge >= 0.3 is 5.97 Å². The van der Waals surface area contributed by atoms with Gasteiger partial charge in [0.25, 0.3) is 0 Å². The van der Waals surface area contributed by atoms with E-state index in [1.807, 2.05) is 12.1 Å². The second kappa shape index (κ2) is 10.8. The highest BCUT2D eigenvalue weighted by Gasteiger charge is 2.26. The van der Waals surface area contributed by atoms with Gasteiger partial charge in [0.2, 0.25) is 0 Å². The van der Waals surface area contributed by atoms with Crippen LogP contribution in [0.4, 0.5) is 0 Å². The molecule has 3 nitrogen and oxygen atoms in total. The topological polar surface area (TPSA) is 29.5 Å². The van der Waals surface area contributed by atoms with Crippen molar-refractivity contribution in [2.75, 3.05) is 7.11 Å². The Labute approximate surface area is 158 Å². The lowest BCUT2D eigenvalue weighted by Crippen LogP contribution is -2.38. The van der Waals surface area contributed by atoms with Crippen LogP contribution in [0.5, 0.6) is 0 Å². The van der Waals surface area contributed by atoms with Gasteiger partial charge in [0, 0.05) is 18.6 Å². The minimum absolute atomic E-state index is 0.135. The first-order valence-corrected chi connectivity index (χ1v) is 9.57. The number of methoxy groups -OCH3 is 1. The van der Waals surface area contributed by atoms with Crippen LogP contribution in [0.1, 0.15) is 56.7 Å². The van der Waals surface area contributed by atoms with Crippen molar-refractivity contribution in [1.82, 2.24) is 4.90 Å². The van der Waals surface area contributed by atoms with Crippen molar-refractivity contribution in [1.29, 1.82) is 0 Å². The van der Waals surface area contributed by atoms with E-state index in [0.29, 0.717) is 6.42 Å². The number of hydrogen-bond acceptors (Lipinski definition) is 3. The van der Waals surface area contributed by atoms with Gasteiger partial charge in [0.15, 0.2) is 0 Å². The Hall–Kier alpha value is -2.13. The Morgan fingerprint density at radius 1 is 1.04 bits per heavy atom. The van der Waals surface area contributed by atoms with Crippen LogP contribution in [-0.2, 0) is 16.1 Å². The first-order chi connectivity index (χ1) is 12.7. The predicted octanol–water partition coefficient (Wildman–Crippen LogP) is 5.37. The summed E-state index contributed by atoms with van der Waals surface area (Å²) in [5.74, 6) is -0.135. The molecular weight excluding hydrogens is 322 g/mol. The molecular formula is C23H31NO2. The third-order valence-corrected chi connectivity index (χ3v) is 4.98. The van der Waals surface area contributed by atoms with Crippen LogP contribution in [-0.4, -0.2) is 24.0 Å². The molecule has 0 fully saturated rings. The maximum Gasteiger partial charge on any atom is 0.307 e. The van der Waals surface area contributed by atoms with E-state index in [-0.39, 0.29) is 18.1 Å². The van der Waals surface area contributed by atoms with Gasteiger partial charge in [-0.2, -0.15) is 0 Å². The summed E-state index contributed by atoms with van der Waals surface area (Å²) in [6.45, 7) is 5.24. The van der Waals surface area contributed by atoms with Crippen molar-refractivity contribution in [2.45, 2.75) is 58.2 Å². The lowest BCUT2D eigenvalue weighted by Gasteiger charge is -2.36. The monoisotopic (exact) mass is 353 g/mol. The molecule has 0 amide bonds. The molecule has 0 N–H and O–H groups in total. The summed E-state index contributed by atoms with van der Waals surface area (Å²) < 4.78 is 4.98. The van der Waals surface area contributed by atoms with Gasteiger partial charge in [-0.25, -0.2) is 0 Å². The first-order valence-electron chi connectivity index (χ1n) is 9.57. The molecule has 0 aliphatic heterocycles. The second-order valence-electron chi connectivity index (χ2n) is 6.82. The van der Waals surface area contributed by atoms with Crippen LogP contribution >= 0.6 is 0 Å². The molecule has 2 aromatic carbocycles. The van der Waals surface area contributed by atoms with Gasteiger partial charge in [-0.05, 0) is 24.5 Å². The third kappa shape index (κ3) is 5.99. The van der Waals surface area contributed by atoms with E-state index >= 15 is 0 Å². The third-order valence-electron chi connectivity index (χ3n) is 4.98. The number of unbranched alkanes of at least 4 members (excludes halogenated alkanes) is 1. The minimum Gasteiger partial charge on any atom is -0.469 e. The molecule has 0 bridgehead atoms. The fourth-order valence-electron chi connectivity index (χ4n) is 3.40. The number of rotatable bonds is 10. The maximum atomic E-state index is 12.1. The summed E-state index contributed by atoms with van der Waals surface area (Å²) in [5, 5.41) is 0. The van der Waals surface area contributed by atoms with E-state index in [2.05, 4.69) is 67.3 Å². The number of nitrogens with zero attached hydrogens (tertiary/aromatic N) is 1. The van der Waals surface area contributed by atoms with Gasteiger partial charge in [-0.15, -0.1) is 0 Å². The van der Waals surface area contributed by atoms with Gasteiger partial charge in [-0.1, -0.05) is 80.4 Å². The zero-order valence-corrected chi connectivity index (χ0v) is 16.2. The fourth-order valence-corrected chi connectivity index (χ4v) is 3.40. The van der Waals surface area contributed by atoms with Crippen molar-refractivity contribution in [2.24, 2.45) is 0 Å². The Morgan fingerprint density at radius 3 is 2.23 bits per heavy atom. The largest absolute Gasteiger partial charge is 0.469 e. The molecule has 0 aromatic heterocycles. The number of carbonyl (C=O) groups excluding carboxylic acids is 1. The van der Waals surface area contributed by atoms with Gasteiger partial charge in [-0.3, -0.25) is 9.69 Å². The van der Waals surface area contributed by atoms with E-state index in [1.165, 1.54) is 18.2 Å². The van der Waals surface area contributed by atoms with Crippen LogP contribution < -0.4 is 0 Å². The molecule has 2 rings (SSSR count). The normalized spacial score (nSPS) is 13.4. The second-order valence-corrected chi connectivity index (χ2v) is 6.82. The molecule has 26 heavy (non-hydrogen) atoms. The number of benzene rings is 2. The first kappa shape index (κ1) is 20.2. The molecule has 2 aromatic rings. The molecule has 0 aliphatic rings. The quantitative estimate of drug-likeness (QED) is 0.538. The minimum atomic E-state index is -0.135. The smallest absolute Gasteiger partial charge is 0.307 e. The highest BCUT2D eigenvalue weighted by atomic mass is 16.5. The molecule has 2 atom stereocenters. The van der Waals surface area contributed by atoms with Crippen molar-refractivity contribution in [3.05, 3.63) is 71.8 Å². The average Bonchev–Trinajstić information content (AvgIpc) is 2.70. The number of esters is 1.